The van der Waals surface area contributed by atoms with Gasteiger partial charge in [0.2, 0.25) is 0 Å². The first-order valence-corrected chi connectivity index (χ1v) is 6.99. The molecule has 0 unspecified atom stereocenters. The van der Waals surface area contributed by atoms with Gasteiger partial charge in [0.1, 0.15) is 5.75 Å². The second-order valence-corrected chi connectivity index (χ2v) is 5.80. The molecule has 0 bridgehead atoms. The van der Waals surface area contributed by atoms with Crippen LogP contribution in [0.15, 0.2) is 41.8 Å². The van der Waals surface area contributed by atoms with Crippen molar-refractivity contribution < 1.29 is 9.90 Å². The molecule has 0 aliphatic rings. The molecule has 3 rings (SSSR count). The molecular formula is C13H9NO2S2. The second-order valence-electron chi connectivity index (χ2n) is 3.76. The van der Waals surface area contributed by atoms with Gasteiger partial charge in [-0.15, -0.1) is 22.7 Å². The highest BCUT2D eigenvalue weighted by Crippen LogP contribution is 2.30. The predicted octanol–water partition coefficient (Wildman–Crippen LogP) is 3.92. The Morgan fingerprint density at radius 2 is 2.06 bits per heavy atom. The molecule has 0 atom stereocenters. The van der Waals surface area contributed by atoms with Crippen molar-refractivity contribution in [2.24, 2.45) is 0 Å². The molecule has 0 radical (unpaired) electrons. The summed E-state index contributed by atoms with van der Waals surface area (Å²) in [6, 6.07) is 10.4. The zero-order valence-electron chi connectivity index (χ0n) is 9.21. The summed E-state index contributed by atoms with van der Waals surface area (Å²) in [5.41, 5.74) is 0.594. The lowest BCUT2D eigenvalue weighted by atomic mass is 10.3. The van der Waals surface area contributed by atoms with Gasteiger partial charge in [0, 0.05) is 21.2 Å². The van der Waals surface area contributed by atoms with Gasteiger partial charge in [-0.1, -0.05) is 6.07 Å². The number of amides is 1. The summed E-state index contributed by atoms with van der Waals surface area (Å²) in [5, 5.41) is 14.1. The van der Waals surface area contributed by atoms with Crippen LogP contribution in [0.1, 0.15) is 9.67 Å². The number of phenolic OH excluding ortho intramolecular Hbond substituents is 1. The van der Waals surface area contributed by atoms with Crippen LogP contribution in [0.4, 0.5) is 5.69 Å². The van der Waals surface area contributed by atoms with Crippen LogP contribution < -0.4 is 5.32 Å². The van der Waals surface area contributed by atoms with Gasteiger partial charge in [-0.05, 0) is 29.6 Å². The van der Waals surface area contributed by atoms with Crippen LogP contribution in [0, 0.1) is 0 Å². The number of benzene rings is 1. The fourth-order valence-electron chi connectivity index (χ4n) is 1.65. The maximum Gasteiger partial charge on any atom is 0.265 e. The third-order valence-electron chi connectivity index (χ3n) is 2.47. The number of phenols is 1. The van der Waals surface area contributed by atoms with Gasteiger partial charge in [-0.25, -0.2) is 0 Å². The van der Waals surface area contributed by atoms with Crippen molar-refractivity contribution in [1.82, 2.24) is 0 Å². The molecule has 2 heterocycles. The van der Waals surface area contributed by atoms with Crippen molar-refractivity contribution in [3.63, 3.8) is 0 Å². The van der Waals surface area contributed by atoms with Gasteiger partial charge < -0.3 is 10.4 Å². The normalized spacial score (nSPS) is 10.7. The Bertz CT molecular complexity index is 686. The largest absolute Gasteiger partial charge is 0.508 e. The van der Waals surface area contributed by atoms with Gasteiger partial charge in [0.15, 0.2) is 0 Å². The number of rotatable bonds is 2. The monoisotopic (exact) mass is 275 g/mol. The smallest absolute Gasteiger partial charge is 0.265 e. The second kappa shape index (κ2) is 4.44. The van der Waals surface area contributed by atoms with Crippen molar-refractivity contribution in [2.45, 2.75) is 0 Å². The fraction of sp³-hybridized carbons (Fsp3) is 0. The van der Waals surface area contributed by atoms with E-state index < -0.39 is 0 Å². The standard InChI is InChI=1S/C13H9NO2S2/c15-9-3-1-2-8(6-9)14-13(16)12-7-11-10(18-12)4-5-17-11/h1-7,15H,(H,14,16). The summed E-state index contributed by atoms with van der Waals surface area (Å²) in [7, 11) is 0. The number of aromatic hydroxyl groups is 1. The highest BCUT2D eigenvalue weighted by Gasteiger charge is 2.11. The molecule has 90 valence electrons. The first-order valence-electron chi connectivity index (χ1n) is 5.30. The molecule has 2 aromatic heterocycles. The van der Waals surface area contributed by atoms with Crippen LogP contribution in [0.5, 0.6) is 5.75 Å². The topological polar surface area (TPSA) is 49.3 Å². The van der Waals surface area contributed by atoms with Crippen molar-refractivity contribution in [2.75, 3.05) is 5.32 Å². The van der Waals surface area contributed by atoms with Crippen LogP contribution in [0.2, 0.25) is 0 Å². The molecule has 18 heavy (non-hydrogen) atoms. The summed E-state index contributed by atoms with van der Waals surface area (Å²) < 4.78 is 2.25. The number of thiophene rings is 2. The van der Waals surface area contributed by atoms with E-state index in [4.69, 9.17) is 0 Å². The summed E-state index contributed by atoms with van der Waals surface area (Å²) >= 11 is 3.10. The predicted molar refractivity (Wildman–Crippen MR) is 75.8 cm³/mol. The zero-order chi connectivity index (χ0) is 12.5. The number of nitrogens with one attached hydrogen (secondary N) is 1. The lowest BCUT2D eigenvalue weighted by Crippen LogP contribution is -2.09. The average molecular weight is 275 g/mol. The Labute approximate surface area is 111 Å². The minimum Gasteiger partial charge on any atom is -0.508 e. The Balaban J connectivity index is 1.85. The Morgan fingerprint density at radius 3 is 2.83 bits per heavy atom. The van der Waals surface area contributed by atoms with Crippen molar-refractivity contribution in [3.05, 3.63) is 46.7 Å². The SMILES string of the molecule is O=C(Nc1cccc(O)c1)c1cc2sccc2s1. The summed E-state index contributed by atoms with van der Waals surface area (Å²) in [6.45, 7) is 0. The number of hydrogen-bond acceptors (Lipinski definition) is 4. The van der Waals surface area contributed by atoms with Gasteiger partial charge in [0.25, 0.3) is 5.91 Å². The van der Waals surface area contributed by atoms with E-state index in [1.54, 1.807) is 29.5 Å². The Hall–Kier alpha value is -1.85. The van der Waals surface area contributed by atoms with Gasteiger partial charge in [-0.2, -0.15) is 0 Å². The molecule has 0 spiro atoms. The number of hydrogen-bond donors (Lipinski definition) is 2. The zero-order valence-corrected chi connectivity index (χ0v) is 10.8. The van der Waals surface area contributed by atoms with E-state index in [2.05, 4.69) is 5.32 Å². The highest BCUT2D eigenvalue weighted by atomic mass is 32.1. The molecule has 0 saturated carbocycles. The summed E-state index contributed by atoms with van der Waals surface area (Å²) in [5.74, 6) is -0.00559. The number of anilines is 1. The van der Waals surface area contributed by atoms with Gasteiger partial charge in [-0.3, -0.25) is 4.79 Å². The molecule has 0 aliphatic heterocycles. The number of fused-ring (bicyclic) bond motifs is 1. The van der Waals surface area contributed by atoms with Crippen LogP contribution >= 0.6 is 22.7 Å². The van der Waals surface area contributed by atoms with Gasteiger partial charge in [0.05, 0.1) is 4.88 Å². The molecule has 0 fully saturated rings. The third kappa shape index (κ3) is 2.10. The van der Waals surface area contributed by atoms with E-state index in [0.29, 0.717) is 10.6 Å². The summed E-state index contributed by atoms with van der Waals surface area (Å²) in [4.78, 5) is 12.7. The molecule has 1 amide bonds. The highest BCUT2D eigenvalue weighted by molar-refractivity contribution is 7.27. The van der Waals surface area contributed by atoms with Gasteiger partial charge >= 0.3 is 0 Å². The molecule has 2 N–H and O–H groups in total. The maximum atomic E-state index is 12.0. The minimum atomic E-state index is -0.144. The van der Waals surface area contributed by atoms with E-state index in [1.165, 1.54) is 17.4 Å². The lowest BCUT2D eigenvalue weighted by Gasteiger charge is -2.03. The quantitative estimate of drug-likeness (QED) is 0.744. The average Bonchev–Trinajstić information content (AvgIpc) is 2.88. The molecule has 1 aromatic carbocycles. The molecule has 3 aromatic rings. The van der Waals surface area contributed by atoms with Crippen molar-refractivity contribution in [1.29, 1.82) is 0 Å². The van der Waals surface area contributed by atoms with Crippen molar-refractivity contribution in [3.8, 4) is 5.75 Å². The lowest BCUT2D eigenvalue weighted by molar-refractivity contribution is 0.103. The van der Waals surface area contributed by atoms with Crippen LogP contribution in [-0.2, 0) is 0 Å². The fourth-order valence-corrected chi connectivity index (χ4v) is 3.66. The summed E-state index contributed by atoms with van der Waals surface area (Å²) in [6.07, 6.45) is 0. The Kier molecular flexibility index (Phi) is 2.77. The van der Waals surface area contributed by atoms with E-state index in [0.717, 1.165) is 9.40 Å². The third-order valence-corrected chi connectivity index (χ3v) is 4.56. The maximum absolute atomic E-state index is 12.0. The molecule has 0 aliphatic carbocycles. The molecular weight excluding hydrogens is 266 g/mol. The Morgan fingerprint density at radius 1 is 1.17 bits per heavy atom. The molecule has 3 nitrogen and oxygen atoms in total. The first-order chi connectivity index (χ1) is 8.72. The first kappa shape index (κ1) is 11.3. The van der Waals surface area contributed by atoms with E-state index >= 15 is 0 Å². The molecule has 5 heteroatoms. The van der Waals surface area contributed by atoms with E-state index in [-0.39, 0.29) is 11.7 Å². The number of carbonyl (C=O) groups excluding carboxylic acids is 1. The van der Waals surface area contributed by atoms with Crippen molar-refractivity contribution >= 4 is 43.7 Å². The van der Waals surface area contributed by atoms with Crippen LogP contribution in [0.3, 0.4) is 0 Å². The molecule has 0 saturated heterocycles. The van der Waals surface area contributed by atoms with Crippen LogP contribution in [-0.4, -0.2) is 11.0 Å². The van der Waals surface area contributed by atoms with E-state index in [1.807, 2.05) is 17.5 Å². The van der Waals surface area contributed by atoms with E-state index in [9.17, 15) is 9.90 Å². The number of carbonyl (C=O) groups is 1. The van der Waals surface area contributed by atoms with Crippen LogP contribution in [0.25, 0.3) is 9.40 Å². The minimum absolute atomic E-state index is 0.139.